The second-order valence-electron chi connectivity index (χ2n) is 5.35. The standard InChI is InChI=1S/C12H21BrN2O3/c1-12(2,3)11(17)10(16)9-8(13)7-14-15(9)5-6-18-4/h7,10-11,16-17H,5-6H2,1-4H3. The Hall–Kier alpha value is -0.430. The Morgan fingerprint density at radius 1 is 1.44 bits per heavy atom. The maximum Gasteiger partial charge on any atom is 0.123 e. The van der Waals surface area contributed by atoms with Crippen LogP contribution < -0.4 is 0 Å². The van der Waals surface area contributed by atoms with Gasteiger partial charge in [-0.25, -0.2) is 0 Å². The molecule has 0 amide bonds. The minimum Gasteiger partial charge on any atom is -0.389 e. The van der Waals surface area contributed by atoms with E-state index in [1.807, 2.05) is 20.8 Å². The zero-order chi connectivity index (χ0) is 13.9. The molecule has 0 radical (unpaired) electrons. The number of ether oxygens (including phenoxy) is 1. The Morgan fingerprint density at radius 3 is 2.56 bits per heavy atom. The molecule has 2 unspecified atom stereocenters. The summed E-state index contributed by atoms with van der Waals surface area (Å²) in [5, 5.41) is 24.6. The highest BCUT2D eigenvalue weighted by Crippen LogP contribution is 2.33. The number of hydrogen-bond acceptors (Lipinski definition) is 4. The molecule has 2 atom stereocenters. The van der Waals surface area contributed by atoms with Crippen molar-refractivity contribution in [2.75, 3.05) is 13.7 Å². The van der Waals surface area contributed by atoms with Gasteiger partial charge in [0.2, 0.25) is 0 Å². The van der Waals surface area contributed by atoms with Gasteiger partial charge in [0.25, 0.3) is 0 Å². The van der Waals surface area contributed by atoms with Gasteiger partial charge in [-0.05, 0) is 21.3 Å². The van der Waals surface area contributed by atoms with E-state index in [4.69, 9.17) is 4.74 Å². The number of aromatic nitrogens is 2. The van der Waals surface area contributed by atoms with Crippen LogP contribution in [-0.2, 0) is 11.3 Å². The first-order chi connectivity index (χ1) is 8.29. The van der Waals surface area contributed by atoms with Crippen molar-refractivity contribution < 1.29 is 14.9 Å². The first-order valence-electron chi connectivity index (χ1n) is 5.85. The third-order valence-electron chi connectivity index (χ3n) is 2.81. The Bertz CT molecular complexity index is 387. The largest absolute Gasteiger partial charge is 0.389 e. The average molecular weight is 321 g/mol. The Labute approximate surface area is 116 Å². The summed E-state index contributed by atoms with van der Waals surface area (Å²) in [6, 6.07) is 0. The molecule has 1 aromatic rings. The van der Waals surface area contributed by atoms with Crippen LogP contribution in [0, 0.1) is 5.41 Å². The van der Waals surface area contributed by atoms with Crippen molar-refractivity contribution in [2.45, 2.75) is 39.5 Å². The molecule has 6 heteroatoms. The molecule has 0 aliphatic rings. The zero-order valence-electron chi connectivity index (χ0n) is 11.2. The molecule has 0 aliphatic heterocycles. The molecule has 104 valence electrons. The number of nitrogens with zero attached hydrogens (tertiary/aromatic N) is 2. The zero-order valence-corrected chi connectivity index (χ0v) is 12.8. The summed E-state index contributed by atoms with van der Waals surface area (Å²) in [5.41, 5.74) is 0.171. The predicted octanol–water partition coefficient (Wildman–Crippen LogP) is 1.73. The van der Waals surface area contributed by atoms with E-state index in [1.54, 1.807) is 18.0 Å². The Balaban J connectivity index is 2.97. The van der Waals surface area contributed by atoms with Gasteiger partial charge in [-0.3, -0.25) is 4.68 Å². The lowest BCUT2D eigenvalue weighted by Gasteiger charge is -2.30. The van der Waals surface area contributed by atoms with Gasteiger partial charge in [0.15, 0.2) is 0 Å². The smallest absolute Gasteiger partial charge is 0.123 e. The van der Waals surface area contributed by atoms with Crippen molar-refractivity contribution in [3.8, 4) is 0 Å². The quantitative estimate of drug-likeness (QED) is 0.867. The topological polar surface area (TPSA) is 67.5 Å². The van der Waals surface area contributed by atoms with Gasteiger partial charge < -0.3 is 14.9 Å². The minimum atomic E-state index is -0.987. The third kappa shape index (κ3) is 3.54. The molecular formula is C12H21BrN2O3. The molecule has 18 heavy (non-hydrogen) atoms. The minimum absolute atomic E-state index is 0.408. The molecular weight excluding hydrogens is 300 g/mol. The van der Waals surface area contributed by atoms with Crippen molar-refractivity contribution in [1.29, 1.82) is 0 Å². The summed E-state index contributed by atoms with van der Waals surface area (Å²) in [7, 11) is 1.61. The van der Waals surface area contributed by atoms with Crippen LogP contribution in [-0.4, -0.2) is 39.8 Å². The molecule has 0 aliphatic carbocycles. The summed E-state index contributed by atoms with van der Waals surface area (Å²) < 4.78 is 7.33. The van der Waals surface area contributed by atoms with Gasteiger partial charge in [-0.1, -0.05) is 20.8 Å². The van der Waals surface area contributed by atoms with Gasteiger partial charge in [-0.2, -0.15) is 5.10 Å². The SMILES string of the molecule is COCCn1ncc(Br)c1C(O)C(O)C(C)(C)C. The number of halogens is 1. The van der Waals surface area contributed by atoms with Crippen LogP contribution >= 0.6 is 15.9 Å². The maximum atomic E-state index is 10.3. The number of aliphatic hydroxyl groups excluding tert-OH is 2. The summed E-state index contributed by atoms with van der Waals surface area (Å²) in [6.07, 6.45) is -0.241. The van der Waals surface area contributed by atoms with E-state index < -0.39 is 17.6 Å². The molecule has 0 saturated carbocycles. The molecule has 1 heterocycles. The van der Waals surface area contributed by atoms with E-state index in [9.17, 15) is 10.2 Å². The highest BCUT2D eigenvalue weighted by molar-refractivity contribution is 9.10. The first-order valence-corrected chi connectivity index (χ1v) is 6.64. The van der Waals surface area contributed by atoms with Crippen LogP contribution in [0.3, 0.4) is 0 Å². The second kappa shape index (κ2) is 6.14. The van der Waals surface area contributed by atoms with Crippen molar-refractivity contribution in [3.63, 3.8) is 0 Å². The fourth-order valence-electron chi connectivity index (χ4n) is 1.65. The predicted molar refractivity (Wildman–Crippen MR) is 72.2 cm³/mol. The first kappa shape index (κ1) is 15.6. The van der Waals surface area contributed by atoms with Crippen LogP contribution in [0.15, 0.2) is 10.7 Å². The monoisotopic (exact) mass is 320 g/mol. The summed E-state index contributed by atoms with van der Waals surface area (Å²) >= 11 is 3.35. The van der Waals surface area contributed by atoms with Crippen LogP contribution in [0.2, 0.25) is 0 Å². The van der Waals surface area contributed by atoms with E-state index >= 15 is 0 Å². The van der Waals surface area contributed by atoms with E-state index in [-0.39, 0.29) is 0 Å². The molecule has 5 nitrogen and oxygen atoms in total. The molecule has 1 aromatic heterocycles. The van der Waals surface area contributed by atoms with Crippen molar-refractivity contribution in [3.05, 3.63) is 16.4 Å². The third-order valence-corrected chi connectivity index (χ3v) is 3.42. The fourth-order valence-corrected chi connectivity index (χ4v) is 2.18. The van der Waals surface area contributed by atoms with Gasteiger partial charge in [0.1, 0.15) is 6.10 Å². The van der Waals surface area contributed by atoms with Crippen LogP contribution in [0.5, 0.6) is 0 Å². The Kier molecular flexibility index (Phi) is 5.33. The number of hydrogen-bond donors (Lipinski definition) is 2. The lowest BCUT2D eigenvalue weighted by atomic mass is 9.85. The Morgan fingerprint density at radius 2 is 2.06 bits per heavy atom. The number of methoxy groups -OCH3 is 1. The second-order valence-corrected chi connectivity index (χ2v) is 6.20. The average Bonchev–Trinajstić information content (AvgIpc) is 2.64. The normalized spacial score (nSPS) is 15.7. The highest BCUT2D eigenvalue weighted by atomic mass is 79.9. The van der Waals surface area contributed by atoms with E-state index in [0.717, 1.165) is 0 Å². The van der Waals surface area contributed by atoms with Crippen molar-refractivity contribution in [1.82, 2.24) is 9.78 Å². The number of aliphatic hydroxyl groups is 2. The van der Waals surface area contributed by atoms with Crippen LogP contribution in [0.25, 0.3) is 0 Å². The van der Waals surface area contributed by atoms with Gasteiger partial charge >= 0.3 is 0 Å². The van der Waals surface area contributed by atoms with Gasteiger partial charge in [0, 0.05) is 7.11 Å². The van der Waals surface area contributed by atoms with Gasteiger partial charge in [0.05, 0.1) is 35.6 Å². The van der Waals surface area contributed by atoms with Crippen LogP contribution in [0.1, 0.15) is 32.6 Å². The molecule has 0 saturated heterocycles. The lowest BCUT2D eigenvalue weighted by molar-refractivity contribution is -0.0502. The van der Waals surface area contributed by atoms with Crippen molar-refractivity contribution >= 4 is 15.9 Å². The summed E-state index contributed by atoms with van der Waals surface area (Å²) in [4.78, 5) is 0. The summed E-state index contributed by atoms with van der Waals surface area (Å²) in [6.45, 7) is 6.67. The molecule has 0 aromatic carbocycles. The fraction of sp³-hybridized carbons (Fsp3) is 0.750. The lowest BCUT2D eigenvalue weighted by Crippen LogP contribution is -2.34. The van der Waals surface area contributed by atoms with E-state index in [0.29, 0.717) is 23.3 Å². The molecule has 2 N–H and O–H groups in total. The van der Waals surface area contributed by atoms with E-state index in [2.05, 4.69) is 21.0 Å². The van der Waals surface area contributed by atoms with E-state index in [1.165, 1.54) is 0 Å². The molecule has 0 bridgehead atoms. The summed E-state index contributed by atoms with van der Waals surface area (Å²) in [5.74, 6) is 0. The van der Waals surface area contributed by atoms with Crippen molar-refractivity contribution in [2.24, 2.45) is 5.41 Å². The van der Waals surface area contributed by atoms with Crippen LogP contribution in [0.4, 0.5) is 0 Å². The highest BCUT2D eigenvalue weighted by Gasteiger charge is 2.33. The maximum absolute atomic E-state index is 10.3. The van der Waals surface area contributed by atoms with Gasteiger partial charge in [-0.15, -0.1) is 0 Å². The number of rotatable bonds is 5. The molecule has 0 spiro atoms. The molecule has 1 rings (SSSR count). The molecule has 0 fully saturated rings.